The molecule has 1 aliphatic rings. The van der Waals surface area contributed by atoms with Gasteiger partial charge >= 0.3 is 0 Å². The largest absolute Gasteiger partial charge is 0.497 e. The second kappa shape index (κ2) is 9.53. The average molecular weight is 373 g/mol. The molecule has 6 nitrogen and oxygen atoms in total. The number of H-pyrrole nitrogens is 1. The van der Waals surface area contributed by atoms with Crippen LogP contribution in [0.1, 0.15) is 50.6 Å². The summed E-state index contributed by atoms with van der Waals surface area (Å²) in [6, 6.07) is 6.54. The van der Waals surface area contributed by atoms with Crippen LogP contribution in [0.5, 0.6) is 11.5 Å². The third-order valence-corrected chi connectivity index (χ3v) is 5.28. The Morgan fingerprint density at radius 3 is 2.63 bits per heavy atom. The van der Waals surface area contributed by atoms with Crippen LogP contribution in [-0.4, -0.2) is 37.7 Å². The van der Waals surface area contributed by atoms with E-state index in [-0.39, 0.29) is 0 Å². The van der Waals surface area contributed by atoms with Crippen molar-refractivity contribution in [2.24, 2.45) is 10.7 Å². The molecule has 2 aromatic rings. The number of aromatic nitrogens is 1. The number of methoxy groups -OCH3 is 2. The van der Waals surface area contributed by atoms with Crippen molar-refractivity contribution >= 4 is 16.9 Å². The van der Waals surface area contributed by atoms with Crippen molar-refractivity contribution < 1.29 is 9.47 Å². The molecule has 1 aromatic heterocycles. The number of aryl methyl sites for hydroxylation is 1. The first-order valence-electron chi connectivity index (χ1n) is 9.99. The van der Waals surface area contributed by atoms with Crippen molar-refractivity contribution in [1.82, 2.24) is 10.3 Å². The lowest BCUT2D eigenvalue weighted by Crippen LogP contribution is -2.39. The van der Waals surface area contributed by atoms with Gasteiger partial charge in [0.15, 0.2) is 5.96 Å². The minimum absolute atomic E-state index is 0.493. The van der Waals surface area contributed by atoms with Gasteiger partial charge in [0, 0.05) is 35.8 Å². The van der Waals surface area contributed by atoms with Gasteiger partial charge in [0.2, 0.25) is 0 Å². The van der Waals surface area contributed by atoms with Crippen molar-refractivity contribution in [3.63, 3.8) is 0 Å². The Morgan fingerprint density at radius 1 is 1.15 bits per heavy atom. The fourth-order valence-electron chi connectivity index (χ4n) is 3.81. The van der Waals surface area contributed by atoms with Gasteiger partial charge in [0.05, 0.1) is 19.7 Å². The van der Waals surface area contributed by atoms with Gasteiger partial charge in [0.1, 0.15) is 11.5 Å². The molecule has 1 aromatic carbocycles. The molecule has 4 N–H and O–H groups in total. The molecule has 0 radical (unpaired) electrons. The molecular formula is C21H32N4O2. The van der Waals surface area contributed by atoms with Crippen molar-refractivity contribution in [2.75, 3.05) is 20.8 Å². The Bertz CT molecular complexity index is 761. The van der Waals surface area contributed by atoms with E-state index in [1.807, 2.05) is 12.1 Å². The maximum atomic E-state index is 6.07. The van der Waals surface area contributed by atoms with Crippen LogP contribution in [0.25, 0.3) is 10.9 Å². The third kappa shape index (κ3) is 5.31. The highest BCUT2D eigenvalue weighted by Gasteiger charge is 2.12. The highest BCUT2D eigenvalue weighted by atomic mass is 16.5. The fraction of sp³-hybridized carbons (Fsp3) is 0.571. The van der Waals surface area contributed by atoms with Crippen LogP contribution >= 0.6 is 0 Å². The monoisotopic (exact) mass is 372 g/mol. The predicted octanol–water partition coefficient (Wildman–Crippen LogP) is 3.74. The van der Waals surface area contributed by atoms with Crippen molar-refractivity contribution in [3.05, 3.63) is 23.9 Å². The number of aliphatic imine (C=N–C) groups is 1. The van der Waals surface area contributed by atoms with Gasteiger partial charge in [-0.05, 0) is 31.7 Å². The molecule has 0 bridgehead atoms. The molecule has 27 heavy (non-hydrogen) atoms. The number of rotatable bonds is 7. The van der Waals surface area contributed by atoms with Gasteiger partial charge in [0.25, 0.3) is 0 Å². The lowest BCUT2D eigenvalue weighted by Gasteiger charge is -2.16. The first-order valence-corrected chi connectivity index (χ1v) is 9.99. The topological polar surface area (TPSA) is 84.7 Å². The van der Waals surface area contributed by atoms with E-state index in [2.05, 4.69) is 21.4 Å². The van der Waals surface area contributed by atoms with E-state index in [9.17, 15) is 0 Å². The first-order chi connectivity index (χ1) is 13.2. The molecule has 3 rings (SSSR count). The van der Waals surface area contributed by atoms with Crippen molar-refractivity contribution in [2.45, 2.75) is 57.4 Å². The number of hydrogen-bond donors (Lipinski definition) is 3. The minimum Gasteiger partial charge on any atom is -0.497 e. The molecule has 0 unspecified atom stereocenters. The number of guanidine groups is 1. The molecule has 0 spiro atoms. The summed E-state index contributed by atoms with van der Waals surface area (Å²) in [4.78, 5) is 7.95. The number of benzene rings is 1. The summed E-state index contributed by atoms with van der Waals surface area (Å²) in [7, 11) is 3.34. The van der Waals surface area contributed by atoms with E-state index in [0.717, 1.165) is 41.8 Å². The zero-order valence-corrected chi connectivity index (χ0v) is 16.5. The van der Waals surface area contributed by atoms with E-state index < -0.39 is 0 Å². The quantitative estimate of drug-likeness (QED) is 0.299. The molecule has 6 heteroatoms. The number of nitrogens with zero attached hydrogens (tertiary/aromatic N) is 1. The van der Waals surface area contributed by atoms with Gasteiger partial charge in [-0.25, -0.2) is 0 Å². The van der Waals surface area contributed by atoms with E-state index in [4.69, 9.17) is 15.2 Å². The van der Waals surface area contributed by atoms with Crippen LogP contribution < -0.4 is 20.5 Å². The number of aromatic amines is 1. The Labute approximate surface area is 161 Å². The highest BCUT2D eigenvalue weighted by Crippen LogP contribution is 2.31. The molecule has 0 amide bonds. The number of ether oxygens (including phenoxy) is 2. The summed E-state index contributed by atoms with van der Waals surface area (Å²) >= 11 is 0. The summed E-state index contributed by atoms with van der Waals surface area (Å²) in [6.07, 6.45) is 9.54. The molecule has 0 saturated heterocycles. The van der Waals surface area contributed by atoms with E-state index >= 15 is 0 Å². The minimum atomic E-state index is 0.493. The fourth-order valence-corrected chi connectivity index (χ4v) is 3.81. The summed E-state index contributed by atoms with van der Waals surface area (Å²) in [5.41, 5.74) is 8.26. The van der Waals surface area contributed by atoms with Gasteiger partial charge in [-0.3, -0.25) is 4.99 Å². The van der Waals surface area contributed by atoms with Crippen LogP contribution in [0.3, 0.4) is 0 Å². The lowest BCUT2D eigenvalue weighted by molar-refractivity contribution is 0.398. The van der Waals surface area contributed by atoms with Crippen molar-refractivity contribution in [1.29, 1.82) is 0 Å². The zero-order chi connectivity index (χ0) is 19.1. The van der Waals surface area contributed by atoms with Crippen LogP contribution in [0.15, 0.2) is 23.2 Å². The smallest absolute Gasteiger partial charge is 0.188 e. The van der Waals surface area contributed by atoms with Gasteiger partial charge in [-0.1, -0.05) is 25.7 Å². The standard InChI is InChI=1S/C21H32N4O2/c1-26-17-13-19-18(20(14-17)27-2)12-16(24-19)10-7-11-23-21(22)25-15-8-5-3-4-6-9-15/h12-15,24H,3-11H2,1-2H3,(H3,22,23,25). The van der Waals surface area contributed by atoms with Crippen LogP contribution in [0.4, 0.5) is 0 Å². The molecule has 0 atom stereocenters. The van der Waals surface area contributed by atoms with Crippen LogP contribution in [0.2, 0.25) is 0 Å². The normalized spacial score (nSPS) is 16.3. The maximum absolute atomic E-state index is 6.07. The summed E-state index contributed by atoms with van der Waals surface area (Å²) < 4.78 is 10.8. The number of hydrogen-bond acceptors (Lipinski definition) is 3. The predicted molar refractivity (Wildman–Crippen MR) is 111 cm³/mol. The third-order valence-electron chi connectivity index (χ3n) is 5.28. The lowest BCUT2D eigenvalue weighted by atomic mass is 10.1. The Kier molecular flexibility index (Phi) is 6.85. The molecule has 1 fully saturated rings. The molecule has 1 heterocycles. The van der Waals surface area contributed by atoms with Crippen LogP contribution in [0, 0.1) is 0 Å². The van der Waals surface area contributed by atoms with E-state index in [1.165, 1.54) is 44.2 Å². The number of nitrogens with two attached hydrogens (primary N) is 1. The van der Waals surface area contributed by atoms with E-state index in [0.29, 0.717) is 12.0 Å². The second-order valence-corrected chi connectivity index (χ2v) is 7.29. The van der Waals surface area contributed by atoms with Crippen molar-refractivity contribution in [3.8, 4) is 11.5 Å². The maximum Gasteiger partial charge on any atom is 0.188 e. The van der Waals surface area contributed by atoms with Gasteiger partial charge < -0.3 is 25.5 Å². The SMILES string of the molecule is COc1cc(OC)c2cc(CCCN=C(N)NC3CCCCCC3)[nH]c2c1. The first kappa shape index (κ1) is 19.4. The molecule has 148 valence electrons. The Balaban J connectivity index is 1.52. The van der Waals surface area contributed by atoms with Crippen LogP contribution in [-0.2, 0) is 6.42 Å². The summed E-state index contributed by atoms with van der Waals surface area (Å²) in [5.74, 6) is 2.20. The van der Waals surface area contributed by atoms with E-state index in [1.54, 1.807) is 14.2 Å². The molecular weight excluding hydrogens is 340 g/mol. The molecule has 1 saturated carbocycles. The summed E-state index contributed by atoms with van der Waals surface area (Å²) in [5, 5.41) is 4.47. The number of fused-ring (bicyclic) bond motifs is 1. The molecule has 1 aliphatic carbocycles. The van der Waals surface area contributed by atoms with Gasteiger partial charge in [-0.2, -0.15) is 0 Å². The highest BCUT2D eigenvalue weighted by molar-refractivity contribution is 5.88. The Hall–Kier alpha value is -2.37. The molecule has 0 aliphatic heterocycles. The average Bonchev–Trinajstić information content (AvgIpc) is 2.92. The second-order valence-electron chi connectivity index (χ2n) is 7.29. The zero-order valence-electron chi connectivity index (χ0n) is 16.5. The Morgan fingerprint density at radius 2 is 1.93 bits per heavy atom. The summed E-state index contributed by atoms with van der Waals surface area (Å²) in [6.45, 7) is 0.724. The number of nitrogens with one attached hydrogen (secondary N) is 2. The van der Waals surface area contributed by atoms with Gasteiger partial charge in [-0.15, -0.1) is 0 Å².